The molecule has 1 heterocycles. The molecule has 0 aromatic rings. The average Bonchev–Trinajstić information content (AvgIpc) is 2.29. The van der Waals surface area contributed by atoms with E-state index in [1.807, 2.05) is 11.9 Å². The van der Waals surface area contributed by atoms with E-state index < -0.39 is 6.10 Å². The van der Waals surface area contributed by atoms with E-state index in [9.17, 15) is 9.90 Å². The summed E-state index contributed by atoms with van der Waals surface area (Å²) in [5.74, 6) is -0.0745. The van der Waals surface area contributed by atoms with Gasteiger partial charge in [-0.2, -0.15) is 0 Å². The van der Waals surface area contributed by atoms with Gasteiger partial charge >= 0.3 is 0 Å². The highest BCUT2D eigenvalue weighted by Gasteiger charge is 2.25. The number of hydrogen-bond acceptors (Lipinski definition) is 5. The molecule has 1 rings (SSSR count). The highest BCUT2D eigenvalue weighted by molar-refractivity contribution is 5.78. The van der Waals surface area contributed by atoms with Crippen LogP contribution in [-0.4, -0.2) is 75.1 Å². The molecule has 1 fully saturated rings. The largest absolute Gasteiger partial charge is 0.389 e. The standard InChI is InChI=1S/C11H22N2O4/c1-13(4-6-16-2)7-11(15)12-9-3-5-17-8-10(9)14/h9-10,14H,3-8H2,1-2H3,(H,12,15)/t9-,10-/m1/s1. The smallest absolute Gasteiger partial charge is 0.234 e. The Morgan fingerprint density at radius 1 is 1.65 bits per heavy atom. The number of aliphatic hydroxyl groups is 1. The maximum absolute atomic E-state index is 11.7. The van der Waals surface area contributed by atoms with E-state index in [2.05, 4.69) is 5.32 Å². The molecule has 1 aliphatic rings. The van der Waals surface area contributed by atoms with Crippen LogP contribution in [0.5, 0.6) is 0 Å². The highest BCUT2D eigenvalue weighted by Crippen LogP contribution is 2.07. The monoisotopic (exact) mass is 246 g/mol. The SMILES string of the molecule is COCCN(C)CC(=O)N[C@@H]1CCOC[C@H]1O. The van der Waals surface area contributed by atoms with Crippen molar-refractivity contribution < 1.29 is 19.4 Å². The Labute approximate surface area is 102 Å². The molecular formula is C11H22N2O4. The van der Waals surface area contributed by atoms with Crippen molar-refractivity contribution in [3.8, 4) is 0 Å². The van der Waals surface area contributed by atoms with Gasteiger partial charge in [0, 0.05) is 20.3 Å². The van der Waals surface area contributed by atoms with Gasteiger partial charge in [-0.15, -0.1) is 0 Å². The van der Waals surface area contributed by atoms with Crippen LogP contribution in [-0.2, 0) is 14.3 Å². The zero-order chi connectivity index (χ0) is 12.7. The van der Waals surface area contributed by atoms with Gasteiger partial charge in [-0.25, -0.2) is 0 Å². The normalized spacial score (nSPS) is 24.9. The Morgan fingerprint density at radius 3 is 3.06 bits per heavy atom. The molecule has 2 atom stereocenters. The summed E-state index contributed by atoms with van der Waals surface area (Å²) in [5, 5.41) is 12.4. The predicted molar refractivity (Wildman–Crippen MR) is 62.7 cm³/mol. The Kier molecular flexibility index (Phi) is 6.43. The van der Waals surface area contributed by atoms with E-state index in [0.717, 1.165) is 0 Å². The Bertz CT molecular complexity index is 238. The van der Waals surface area contributed by atoms with Crippen molar-refractivity contribution in [2.75, 3.05) is 47.1 Å². The maximum atomic E-state index is 11.7. The van der Waals surface area contributed by atoms with Gasteiger partial charge in [0.05, 0.1) is 31.9 Å². The minimum absolute atomic E-state index is 0.0745. The molecule has 17 heavy (non-hydrogen) atoms. The molecule has 0 radical (unpaired) electrons. The second-order valence-corrected chi connectivity index (χ2v) is 4.34. The van der Waals surface area contributed by atoms with E-state index in [-0.39, 0.29) is 11.9 Å². The third-order valence-corrected chi connectivity index (χ3v) is 2.76. The molecule has 0 aliphatic carbocycles. The van der Waals surface area contributed by atoms with Gasteiger partial charge in [-0.1, -0.05) is 0 Å². The minimum atomic E-state index is -0.600. The number of hydrogen-bond donors (Lipinski definition) is 2. The highest BCUT2D eigenvalue weighted by atomic mass is 16.5. The lowest BCUT2D eigenvalue weighted by molar-refractivity contribution is -0.125. The summed E-state index contributed by atoms with van der Waals surface area (Å²) in [6.07, 6.45) is 0.0614. The topological polar surface area (TPSA) is 71.0 Å². The van der Waals surface area contributed by atoms with Crippen LogP contribution in [0, 0.1) is 0 Å². The molecular weight excluding hydrogens is 224 g/mol. The second-order valence-electron chi connectivity index (χ2n) is 4.34. The fraction of sp³-hybridized carbons (Fsp3) is 0.909. The molecule has 2 N–H and O–H groups in total. The molecule has 0 bridgehead atoms. The van der Waals surface area contributed by atoms with E-state index in [4.69, 9.17) is 9.47 Å². The summed E-state index contributed by atoms with van der Waals surface area (Å²) in [6, 6.07) is -0.188. The lowest BCUT2D eigenvalue weighted by atomic mass is 10.1. The van der Waals surface area contributed by atoms with Crippen molar-refractivity contribution in [1.29, 1.82) is 0 Å². The van der Waals surface area contributed by atoms with Crippen molar-refractivity contribution in [2.24, 2.45) is 0 Å². The first-order valence-corrected chi connectivity index (χ1v) is 5.86. The first kappa shape index (κ1) is 14.4. The van der Waals surface area contributed by atoms with Crippen molar-refractivity contribution in [3.63, 3.8) is 0 Å². The number of carbonyl (C=O) groups excluding carboxylic acids is 1. The first-order chi connectivity index (χ1) is 8.13. The summed E-state index contributed by atoms with van der Waals surface area (Å²) in [7, 11) is 3.49. The Hall–Kier alpha value is -0.690. The summed E-state index contributed by atoms with van der Waals surface area (Å²) in [4.78, 5) is 13.6. The Balaban J connectivity index is 2.23. The van der Waals surface area contributed by atoms with Gasteiger partial charge in [0.2, 0.25) is 5.91 Å². The average molecular weight is 246 g/mol. The van der Waals surface area contributed by atoms with Crippen LogP contribution in [0.2, 0.25) is 0 Å². The van der Waals surface area contributed by atoms with Gasteiger partial charge in [-0.3, -0.25) is 9.69 Å². The van der Waals surface area contributed by atoms with Gasteiger partial charge in [0.25, 0.3) is 0 Å². The summed E-state index contributed by atoms with van der Waals surface area (Å²) < 4.78 is 10.0. The fourth-order valence-corrected chi connectivity index (χ4v) is 1.72. The van der Waals surface area contributed by atoms with Crippen LogP contribution in [0.3, 0.4) is 0 Å². The zero-order valence-corrected chi connectivity index (χ0v) is 10.5. The molecule has 0 aromatic carbocycles. The molecule has 0 unspecified atom stereocenters. The van der Waals surface area contributed by atoms with Gasteiger partial charge in [-0.05, 0) is 13.5 Å². The molecule has 0 saturated carbocycles. The lowest BCUT2D eigenvalue weighted by Crippen LogP contribution is -2.51. The Morgan fingerprint density at radius 2 is 2.41 bits per heavy atom. The van der Waals surface area contributed by atoms with Crippen LogP contribution < -0.4 is 5.32 Å². The van der Waals surface area contributed by atoms with Crippen LogP contribution in [0.1, 0.15) is 6.42 Å². The fourth-order valence-electron chi connectivity index (χ4n) is 1.72. The van der Waals surface area contributed by atoms with E-state index in [1.54, 1.807) is 7.11 Å². The quantitative estimate of drug-likeness (QED) is 0.618. The van der Waals surface area contributed by atoms with Crippen molar-refractivity contribution >= 4 is 5.91 Å². The number of rotatable bonds is 6. The zero-order valence-electron chi connectivity index (χ0n) is 10.5. The van der Waals surface area contributed by atoms with E-state index in [0.29, 0.717) is 39.3 Å². The predicted octanol–water partition coefficient (Wildman–Crippen LogP) is -1.17. The summed E-state index contributed by atoms with van der Waals surface area (Å²) >= 11 is 0. The van der Waals surface area contributed by atoms with Crippen molar-refractivity contribution in [2.45, 2.75) is 18.6 Å². The van der Waals surface area contributed by atoms with Crippen LogP contribution in [0.25, 0.3) is 0 Å². The molecule has 1 aliphatic heterocycles. The van der Waals surface area contributed by atoms with Crippen molar-refractivity contribution in [1.82, 2.24) is 10.2 Å². The molecule has 1 saturated heterocycles. The molecule has 6 heteroatoms. The number of methoxy groups -OCH3 is 1. The molecule has 0 aromatic heterocycles. The molecule has 100 valence electrons. The maximum Gasteiger partial charge on any atom is 0.234 e. The number of ether oxygens (including phenoxy) is 2. The number of aliphatic hydroxyl groups excluding tert-OH is 1. The molecule has 0 spiro atoms. The van der Waals surface area contributed by atoms with Gasteiger partial charge in [0.1, 0.15) is 0 Å². The van der Waals surface area contributed by atoms with E-state index >= 15 is 0 Å². The van der Waals surface area contributed by atoms with Crippen LogP contribution in [0.4, 0.5) is 0 Å². The van der Waals surface area contributed by atoms with Crippen LogP contribution >= 0.6 is 0 Å². The summed E-state index contributed by atoms with van der Waals surface area (Å²) in [5.41, 5.74) is 0. The van der Waals surface area contributed by atoms with E-state index in [1.165, 1.54) is 0 Å². The van der Waals surface area contributed by atoms with Gasteiger partial charge in [0.15, 0.2) is 0 Å². The van der Waals surface area contributed by atoms with Crippen LogP contribution in [0.15, 0.2) is 0 Å². The number of amides is 1. The minimum Gasteiger partial charge on any atom is -0.389 e. The first-order valence-electron chi connectivity index (χ1n) is 5.86. The second kappa shape index (κ2) is 7.60. The lowest BCUT2D eigenvalue weighted by Gasteiger charge is -2.29. The number of likely N-dealkylation sites (N-methyl/N-ethyl adjacent to an activating group) is 1. The summed E-state index contributed by atoms with van der Waals surface area (Å²) in [6.45, 7) is 2.50. The number of nitrogens with zero attached hydrogens (tertiary/aromatic N) is 1. The molecule has 1 amide bonds. The third kappa shape index (κ3) is 5.45. The number of nitrogens with one attached hydrogen (secondary N) is 1. The van der Waals surface area contributed by atoms with Crippen molar-refractivity contribution in [3.05, 3.63) is 0 Å². The number of carbonyl (C=O) groups is 1. The third-order valence-electron chi connectivity index (χ3n) is 2.76. The van der Waals surface area contributed by atoms with Gasteiger partial charge < -0.3 is 19.9 Å². The molecule has 6 nitrogen and oxygen atoms in total.